The van der Waals surface area contributed by atoms with E-state index in [1.165, 1.54) is 4.68 Å². The lowest BCUT2D eigenvalue weighted by Gasteiger charge is -2.01. The van der Waals surface area contributed by atoms with E-state index in [1.54, 1.807) is 14.0 Å². The largest absolute Gasteiger partial charge is 0.344 e. The third kappa shape index (κ3) is 3.34. The van der Waals surface area contributed by atoms with Crippen molar-refractivity contribution in [1.82, 2.24) is 25.2 Å². The van der Waals surface area contributed by atoms with E-state index in [9.17, 15) is 4.79 Å². The van der Waals surface area contributed by atoms with E-state index in [2.05, 4.69) is 36.5 Å². The van der Waals surface area contributed by atoms with E-state index >= 15 is 0 Å². The molecule has 0 bridgehead atoms. The van der Waals surface area contributed by atoms with E-state index in [0.29, 0.717) is 23.0 Å². The average Bonchev–Trinajstić information content (AvgIpc) is 3.10. The van der Waals surface area contributed by atoms with Crippen molar-refractivity contribution < 1.29 is 9.32 Å². The summed E-state index contributed by atoms with van der Waals surface area (Å²) in [6.07, 6.45) is 0. The fourth-order valence-electron chi connectivity index (χ4n) is 2.20. The monoisotopic (exact) mass is 409 g/mol. The van der Waals surface area contributed by atoms with Gasteiger partial charge in [-0.25, -0.2) is 0 Å². The molecule has 7 nitrogen and oxygen atoms in total. The summed E-state index contributed by atoms with van der Waals surface area (Å²) in [4.78, 5) is 16.5. The summed E-state index contributed by atoms with van der Waals surface area (Å²) < 4.78 is 7.58. The first-order valence-corrected chi connectivity index (χ1v) is 8.18. The van der Waals surface area contributed by atoms with Crippen LogP contribution in [0.2, 0.25) is 5.15 Å². The van der Waals surface area contributed by atoms with Crippen LogP contribution in [0.1, 0.15) is 21.9 Å². The van der Waals surface area contributed by atoms with Crippen LogP contribution in [-0.4, -0.2) is 25.8 Å². The number of halogens is 2. The van der Waals surface area contributed by atoms with Crippen LogP contribution in [0, 0.1) is 6.92 Å². The molecule has 0 aliphatic carbocycles. The fourth-order valence-corrected chi connectivity index (χ4v) is 2.86. The lowest BCUT2D eigenvalue weighted by Crippen LogP contribution is -2.24. The summed E-state index contributed by atoms with van der Waals surface area (Å²) in [5.41, 5.74) is 1.69. The number of aromatic nitrogens is 4. The highest BCUT2D eigenvalue weighted by atomic mass is 79.9. The molecule has 9 heteroatoms. The number of amides is 1. The Morgan fingerprint density at radius 2 is 2.25 bits per heavy atom. The molecule has 0 saturated carbocycles. The Morgan fingerprint density at radius 3 is 2.92 bits per heavy atom. The first kappa shape index (κ1) is 16.7. The second-order valence-corrected chi connectivity index (χ2v) is 6.36. The molecule has 0 aliphatic heterocycles. The quantitative estimate of drug-likeness (QED) is 0.714. The van der Waals surface area contributed by atoms with Gasteiger partial charge in [0.05, 0.1) is 17.8 Å². The summed E-state index contributed by atoms with van der Waals surface area (Å²) in [6.45, 7) is 1.85. The molecule has 1 amide bonds. The molecule has 2 heterocycles. The highest BCUT2D eigenvalue weighted by Crippen LogP contribution is 2.21. The Morgan fingerprint density at radius 1 is 1.46 bits per heavy atom. The smallest absolute Gasteiger partial charge is 0.258 e. The van der Waals surface area contributed by atoms with Crippen LogP contribution >= 0.6 is 27.5 Å². The lowest BCUT2D eigenvalue weighted by molar-refractivity contribution is 0.0949. The Balaban J connectivity index is 1.70. The molecule has 0 aliphatic rings. The Kier molecular flexibility index (Phi) is 4.68. The molecule has 3 aromatic rings. The zero-order valence-electron chi connectivity index (χ0n) is 12.9. The molecule has 0 spiro atoms. The second kappa shape index (κ2) is 6.74. The molecular weight excluding hydrogens is 398 g/mol. The maximum atomic E-state index is 12.3. The SMILES string of the molecule is Cc1nn(C)c(Cl)c1C(=O)NCc1noc(-c2cccc(Br)c2)n1. The molecule has 1 N–H and O–H groups in total. The highest BCUT2D eigenvalue weighted by Gasteiger charge is 2.19. The Bertz CT molecular complexity index is 905. The molecule has 3 rings (SSSR count). The molecule has 2 aromatic heterocycles. The van der Waals surface area contributed by atoms with E-state index in [1.807, 2.05) is 24.3 Å². The summed E-state index contributed by atoms with van der Waals surface area (Å²) in [6, 6.07) is 7.51. The van der Waals surface area contributed by atoms with Gasteiger partial charge in [-0.2, -0.15) is 10.1 Å². The van der Waals surface area contributed by atoms with Crippen LogP contribution in [0.25, 0.3) is 11.5 Å². The first-order valence-electron chi connectivity index (χ1n) is 7.01. The molecule has 24 heavy (non-hydrogen) atoms. The van der Waals surface area contributed by atoms with Crippen LogP contribution in [0.5, 0.6) is 0 Å². The second-order valence-electron chi connectivity index (χ2n) is 5.08. The number of aryl methyl sites for hydroxylation is 2. The van der Waals surface area contributed by atoms with Crippen LogP contribution in [-0.2, 0) is 13.6 Å². The van der Waals surface area contributed by atoms with E-state index < -0.39 is 0 Å². The van der Waals surface area contributed by atoms with Gasteiger partial charge in [-0.3, -0.25) is 9.48 Å². The number of hydrogen-bond donors (Lipinski definition) is 1. The topological polar surface area (TPSA) is 85.8 Å². The average molecular weight is 411 g/mol. The number of benzene rings is 1. The standard InChI is InChI=1S/C15H13BrClN5O2/c1-8-12(13(17)22(2)20-8)14(23)18-7-11-19-15(24-21-11)9-4-3-5-10(16)6-9/h3-6H,7H2,1-2H3,(H,18,23). The Labute approximate surface area is 151 Å². The van der Waals surface area contributed by atoms with Gasteiger partial charge in [0, 0.05) is 17.1 Å². The van der Waals surface area contributed by atoms with Gasteiger partial charge in [-0.1, -0.05) is 38.8 Å². The molecule has 0 saturated heterocycles. The number of nitrogens with one attached hydrogen (secondary N) is 1. The number of hydrogen-bond acceptors (Lipinski definition) is 5. The van der Waals surface area contributed by atoms with Crippen molar-refractivity contribution >= 4 is 33.4 Å². The minimum absolute atomic E-state index is 0.126. The summed E-state index contributed by atoms with van der Waals surface area (Å²) in [7, 11) is 1.68. The summed E-state index contributed by atoms with van der Waals surface area (Å²) in [5.74, 6) is 0.423. The molecule has 124 valence electrons. The van der Waals surface area contributed by atoms with Gasteiger partial charge in [0.1, 0.15) is 5.15 Å². The number of rotatable bonds is 4. The number of nitrogens with zero attached hydrogens (tertiary/aromatic N) is 4. The van der Waals surface area contributed by atoms with Gasteiger partial charge in [0.25, 0.3) is 11.8 Å². The molecule has 0 fully saturated rings. The van der Waals surface area contributed by atoms with Gasteiger partial charge in [0.2, 0.25) is 0 Å². The van der Waals surface area contributed by atoms with Crippen molar-refractivity contribution in [2.24, 2.45) is 7.05 Å². The summed E-state index contributed by atoms with van der Waals surface area (Å²) in [5, 5.41) is 11.0. The zero-order chi connectivity index (χ0) is 17.3. The molecular formula is C15H13BrClN5O2. The van der Waals surface area contributed by atoms with Crippen LogP contribution in [0.15, 0.2) is 33.3 Å². The maximum absolute atomic E-state index is 12.3. The van der Waals surface area contributed by atoms with Crippen molar-refractivity contribution in [3.8, 4) is 11.5 Å². The third-order valence-electron chi connectivity index (χ3n) is 3.33. The minimum atomic E-state index is -0.334. The number of carbonyl (C=O) groups is 1. The maximum Gasteiger partial charge on any atom is 0.258 e. The van der Waals surface area contributed by atoms with Gasteiger partial charge in [0.15, 0.2) is 5.82 Å². The van der Waals surface area contributed by atoms with E-state index in [-0.39, 0.29) is 17.6 Å². The normalized spacial score (nSPS) is 10.8. The minimum Gasteiger partial charge on any atom is -0.344 e. The fraction of sp³-hybridized carbons (Fsp3) is 0.200. The predicted octanol–water partition coefficient (Wildman–Crippen LogP) is 3.12. The molecule has 0 unspecified atom stereocenters. The first-order chi connectivity index (χ1) is 11.5. The van der Waals surface area contributed by atoms with Crippen LogP contribution in [0.3, 0.4) is 0 Å². The highest BCUT2D eigenvalue weighted by molar-refractivity contribution is 9.10. The predicted molar refractivity (Wildman–Crippen MR) is 91.6 cm³/mol. The van der Waals surface area contributed by atoms with E-state index in [4.69, 9.17) is 16.1 Å². The van der Waals surface area contributed by atoms with Crippen molar-refractivity contribution in [2.75, 3.05) is 0 Å². The van der Waals surface area contributed by atoms with E-state index in [0.717, 1.165) is 10.0 Å². The van der Waals surface area contributed by atoms with Crippen molar-refractivity contribution in [3.63, 3.8) is 0 Å². The van der Waals surface area contributed by atoms with Gasteiger partial charge >= 0.3 is 0 Å². The van der Waals surface area contributed by atoms with Gasteiger partial charge in [-0.15, -0.1) is 0 Å². The molecule has 1 aromatic carbocycles. The van der Waals surface area contributed by atoms with Crippen LogP contribution in [0.4, 0.5) is 0 Å². The Hall–Kier alpha value is -2.19. The van der Waals surface area contributed by atoms with Gasteiger partial charge < -0.3 is 9.84 Å². The molecule has 0 radical (unpaired) electrons. The summed E-state index contributed by atoms with van der Waals surface area (Å²) >= 11 is 9.47. The van der Waals surface area contributed by atoms with Crippen molar-refractivity contribution in [3.05, 3.63) is 51.0 Å². The van der Waals surface area contributed by atoms with Gasteiger partial charge in [-0.05, 0) is 25.1 Å². The molecule has 0 atom stereocenters. The van der Waals surface area contributed by atoms with Crippen molar-refractivity contribution in [1.29, 1.82) is 0 Å². The van der Waals surface area contributed by atoms with Crippen LogP contribution < -0.4 is 5.32 Å². The number of carbonyl (C=O) groups excluding carboxylic acids is 1. The lowest BCUT2D eigenvalue weighted by atomic mass is 10.2. The third-order valence-corrected chi connectivity index (χ3v) is 4.25. The zero-order valence-corrected chi connectivity index (χ0v) is 15.2. The van der Waals surface area contributed by atoms with Crippen molar-refractivity contribution in [2.45, 2.75) is 13.5 Å².